The van der Waals surface area contributed by atoms with Crippen molar-refractivity contribution in [1.82, 2.24) is 15.1 Å². The number of rotatable bonds is 7. The third kappa shape index (κ3) is 7.18. The Morgan fingerprint density at radius 1 is 0.943 bits per heavy atom. The number of aryl methyl sites for hydroxylation is 1. The highest BCUT2D eigenvalue weighted by molar-refractivity contribution is 5.92. The summed E-state index contributed by atoms with van der Waals surface area (Å²) in [4.78, 5) is 24.8. The van der Waals surface area contributed by atoms with E-state index in [4.69, 9.17) is 0 Å². The van der Waals surface area contributed by atoms with E-state index in [1.54, 1.807) is 4.68 Å². The van der Waals surface area contributed by atoms with Gasteiger partial charge in [0.05, 0.1) is 16.9 Å². The summed E-state index contributed by atoms with van der Waals surface area (Å²) in [6.07, 6.45) is -4.64. The molecule has 0 unspecified atom stereocenters. The first-order valence-electron chi connectivity index (χ1n) is 11.2. The van der Waals surface area contributed by atoms with E-state index < -0.39 is 17.6 Å². The van der Waals surface area contributed by atoms with Gasteiger partial charge >= 0.3 is 6.18 Å². The van der Waals surface area contributed by atoms with Gasteiger partial charge < -0.3 is 10.6 Å². The molecule has 3 aromatic rings. The first-order chi connectivity index (χ1) is 16.3. The molecule has 186 valence electrons. The molecule has 0 aliphatic rings. The molecule has 0 saturated heterocycles. The van der Waals surface area contributed by atoms with Crippen LogP contribution in [0.4, 0.5) is 19.0 Å². The minimum Gasteiger partial charge on any atom is -0.352 e. The maximum absolute atomic E-state index is 12.8. The van der Waals surface area contributed by atoms with Crippen molar-refractivity contribution >= 4 is 17.6 Å². The maximum atomic E-state index is 12.8. The lowest BCUT2D eigenvalue weighted by Crippen LogP contribution is -2.25. The summed E-state index contributed by atoms with van der Waals surface area (Å²) in [5, 5.41) is 10.1. The van der Waals surface area contributed by atoms with Crippen LogP contribution >= 0.6 is 0 Å². The smallest absolute Gasteiger partial charge is 0.352 e. The van der Waals surface area contributed by atoms with E-state index in [1.807, 2.05) is 58.0 Å². The van der Waals surface area contributed by atoms with Crippen LogP contribution in [0.5, 0.6) is 0 Å². The number of anilines is 1. The fourth-order valence-corrected chi connectivity index (χ4v) is 3.37. The van der Waals surface area contributed by atoms with Crippen molar-refractivity contribution in [2.75, 3.05) is 5.32 Å². The first kappa shape index (κ1) is 26.0. The molecular weight excluding hydrogens is 457 g/mol. The summed E-state index contributed by atoms with van der Waals surface area (Å²) in [5.74, 6) is -0.302. The number of hydrogen-bond acceptors (Lipinski definition) is 3. The van der Waals surface area contributed by atoms with Crippen molar-refractivity contribution in [2.45, 2.75) is 58.7 Å². The SMILES string of the molecule is Cc1cccc(-n2nc(C(C)(C)C)cc2NC(=O)CCC(=O)NCc2cccc(C(F)(F)F)c2)c1. The van der Waals surface area contributed by atoms with Crippen LogP contribution < -0.4 is 10.6 Å². The number of carbonyl (C=O) groups excluding carboxylic acids is 2. The Labute approximate surface area is 202 Å². The summed E-state index contributed by atoms with van der Waals surface area (Å²) in [6, 6.07) is 14.3. The lowest BCUT2D eigenvalue weighted by Gasteiger charge is -2.14. The molecule has 0 aliphatic carbocycles. The van der Waals surface area contributed by atoms with E-state index in [9.17, 15) is 22.8 Å². The zero-order valence-corrected chi connectivity index (χ0v) is 20.2. The molecule has 6 nitrogen and oxygen atoms in total. The molecule has 2 amide bonds. The van der Waals surface area contributed by atoms with Crippen LogP contribution in [-0.2, 0) is 27.7 Å². The third-order valence-corrected chi connectivity index (χ3v) is 5.31. The molecule has 2 aromatic carbocycles. The summed E-state index contributed by atoms with van der Waals surface area (Å²) in [5.41, 5.74) is 1.96. The Bertz CT molecular complexity index is 1210. The van der Waals surface area contributed by atoms with Gasteiger partial charge in [0.15, 0.2) is 0 Å². The standard InChI is InChI=1S/C26H29F3N4O2/c1-17-7-5-10-20(13-17)33-22(15-21(32-33)25(2,3)4)31-24(35)12-11-23(34)30-16-18-8-6-9-19(14-18)26(27,28)29/h5-10,13-15H,11-12,16H2,1-4H3,(H,30,34)(H,31,35). The molecule has 35 heavy (non-hydrogen) atoms. The number of aromatic nitrogens is 2. The van der Waals surface area contributed by atoms with Crippen LogP contribution in [0.3, 0.4) is 0 Å². The van der Waals surface area contributed by atoms with Gasteiger partial charge in [-0.2, -0.15) is 18.3 Å². The minimum atomic E-state index is -4.45. The van der Waals surface area contributed by atoms with Crippen LogP contribution in [-0.4, -0.2) is 21.6 Å². The molecule has 0 bridgehead atoms. The van der Waals surface area contributed by atoms with Crippen molar-refractivity contribution in [3.05, 3.63) is 77.0 Å². The van der Waals surface area contributed by atoms with Gasteiger partial charge in [-0.25, -0.2) is 4.68 Å². The van der Waals surface area contributed by atoms with Crippen molar-refractivity contribution in [1.29, 1.82) is 0 Å². The van der Waals surface area contributed by atoms with E-state index >= 15 is 0 Å². The Morgan fingerprint density at radius 2 is 1.63 bits per heavy atom. The number of amides is 2. The zero-order valence-electron chi connectivity index (χ0n) is 20.2. The molecule has 3 rings (SSSR count). The van der Waals surface area contributed by atoms with Gasteiger partial charge in [-0.05, 0) is 42.3 Å². The van der Waals surface area contributed by atoms with E-state index in [2.05, 4.69) is 15.7 Å². The predicted molar refractivity (Wildman–Crippen MR) is 128 cm³/mol. The Morgan fingerprint density at radius 3 is 2.29 bits per heavy atom. The average Bonchev–Trinajstić information content (AvgIpc) is 3.20. The molecule has 0 spiro atoms. The van der Waals surface area contributed by atoms with E-state index in [-0.39, 0.29) is 30.7 Å². The molecule has 1 heterocycles. The molecule has 0 saturated carbocycles. The second-order valence-corrected chi connectivity index (χ2v) is 9.44. The molecule has 0 radical (unpaired) electrons. The molecule has 0 atom stereocenters. The fourth-order valence-electron chi connectivity index (χ4n) is 3.37. The number of alkyl halides is 3. The maximum Gasteiger partial charge on any atom is 0.416 e. The normalized spacial score (nSPS) is 11.9. The van der Waals surface area contributed by atoms with Gasteiger partial charge in [0.1, 0.15) is 5.82 Å². The molecular formula is C26H29F3N4O2. The second-order valence-electron chi connectivity index (χ2n) is 9.44. The quantitative estimate of drug-likeness (QED) is 0.461. The number of carbonyl (C=O) groups is 2. The number of hydrogen-bond donors (Lipinski definition) is 2. The van der Waals surface area contributed by atoms with E-state index in [1.165, 1.54) is 12.1 Å². The Kier molecular flexibility index (Phi) is 7.67. The summed E-state index contributed by atoms with van der Waals surface area (Å²) >= 11 is 0. The molecule has 0 aliphatic heterocycles. The number of halogens is 3. The highest BCUT2D eigenvalue weighted by Gasteiger charge is 2.30. The van der Waals surface area contributed by atoms with Gasteiger partial charge in [0.25, 0.3) is 0 Å². The average molecular weight is 487 g/mol. The molecule has 9 heteroatoms. The van der Waals surface area contributed by atoms with E-state index in [0.29, 0.717) is 11.4 Å². The monoisotopic (exact) mass is 486 g/mol. The fraction of sp³-hybridized carbons (Fsp3) is 0.346. The minimum absolute atomic E-state index is 0.0561. The summed E-state index contributed by atoms with van der Waals surface area (Å²) in [6.45, 7) is 7.98. The lowest BCUT2D eigenvalue weighted by molar-refractivity contribution is -0.137. The Balaban J connectivity index is 1.61. The summed E-state index contributed by atoms with van der Waals surface area (Å²) in [7, 11) is 0. The van der Waals surface area contributed by atoms with Crippen LogP contribution in [0.25, 0.3) is 5.69 Å². The highest BCUT2D eigenvalue weighted by atomic mass is 19.4. The van der Waals surface area contributed by atoms with Crippen molar-refractivity contribution in [2.24, 2.45) is 0 Å². The third-order valence-electron chi connectivity index (χ3n) is 5.31. The van der Waals surface area contributed by atoms with Crippen LogP contribution in [0, 0.1) is 6.92 Å². The van der Waals surface area contributed by atoms with Gasteiger partial charge in [0, 0.05) is 30.9 Å². The van der Waals surface area contributed by atoms with Crippen molar-refractivity contribution < 1.29 is 22.8 Å². The highest BCUT2D eigenvalue weighted by Crippen LogP contribution is 2.29. The summed E-state index contributed by atoms with van der Waals surface area (Å²) < 4.78 is 40.2. The van der Waals surface area contributed by atoms with Gasteiger partial charge in [-0.3, -0.25) is 9.59 Å². The topological polar surface area (TPSA) is 76.0 Å². The van der Waals surface area contributed by atoms with Crippen molar-refractivity contribution in [3.63, 3.8) is 0 Å². The predicted octanol–water partition coefficient (Wildman–Crippen LogP) is 5.53. The van der Waals surface area contributed by atoms with Gasteiger partial charge in [-0.1, -0.05) is 45.0 Å². The molecule has 0 fully saturated rings. The molecule has 1 aromatic heterocycles. The van der Waals surface area contributed by atoms with Gasteiger partial charge in [0.2, 0.25) is 11.8 Å². The number of nitrogens with one attached hydrogen (secondary N) is 2. The van der Waals surface area contributed by atoms with E-state index in [0.717, 1.165) is 29.1 Å². The second kappa shape index (κ2) is 10.3. The Hall–Kier alpha value is -3.62. The first-order valence-corrected chi connectivity index (χ1v) is 11.2. The molecule has 2 N–H and O–H groups in total. The number of nitrogens with zero attached hydrogens (tertiary/aromatic N) is 2. The van der Waals surface area contributed by atoms with Crippen LogP contribution in [0.1, 0.15) is 56.0 Å². The van der Waals surface area contributed by atoms with Crippen LogP contribution in [0.15, 0.2) is 54.6 Å². The largest absolute Gasteiger partial charge is 0.416 e. The van der Waals surface area contributed by atoms with Crippen LogP contribution in [0.2, 0.25) is 0 Å². The number of benzene rings is 2. The lowest BCUT2D eigenvalue weighted by atomic mass is 9.92. The zero-order chi connectivity index (χ0) is 25.8. The van der Waals surface area contributed by atoms with Crippen molar-refractivity contribution in [3.8, 4) is 5.69 Å². The van der Waals surface area contributed by atoms with Gasteiger partial charge in [-0.15, -0.1) is 0 Å².